The minimum Gasteiger partial charge on any atom is -0.467 e. The van der Waals surface area contributed by atoms with Crippen molar-refractivity contribution in [2.75, 3.05) is 5.32 Å². The van der Waals surface area contributed by atoms with Gasteiger partial charge in [0.05, 0.1) is 24.5 Å². The molecule has 1 aromatic carbocycles. The first-order valence-corrected chi connectivity index (χ1v) is 7.33. The monoisotopic (exact) mass is 318 g/mol. The lowest BCUT2D eigenvalue weighted by Crippen LogP contribution is -2.27. The van der Waals surface area contributed by atoms with Crippen LogP contribution in [0.5, 0.6) is 0 Å². The largest absolute Gasteiger partial charge is 0.467 e. The average Bonchev–Trinajstić information content (AvgIpc) is 2.98. The molecule has 0 saturated carbocycles. The number of carbonyl (C=O) groups is 1. The third-order valence-corrected chi connectivity index (χ3v) is 2.97. The van der Waals surface area contributed by atoms with Crippen LogP contribution in [0.1, 0.15) is 30.0 Å². The molecule has 2 aromatic rings. The van der Waals surface area contributed by atoms with Gasteiger partial charge < -0.3 is 19.8 Å². The Hall–Kier alpha value is -2.34. The first-order valence-electron chi connectivity index (χ1n) is 6.93. The lowest BCUT2D eigenvalue weighted by Gasteiger charge is -2.11. The van der Waals surface area contributed by atoms with E-state index in [0.717, 1.165) is 11.4 Å². The number of anilines is 1. The van der Waals surface area contributed by atoms with E-state index < -0.39 is 0 Å². The van der Waals surface area contributed by atoms with Crippen LogP contribution >= 0.6 is 12.2 Å². The number of esters is 1. The summed E-state index contributed by atoms with van der Waals surface area (Å²) in [5, 5.41) is 6.55. The highest BCUT2D eigenvalue weighted by Gasteiger charge is 2.09. The lowest BCUT2D eigenvalue weighted by atomic mass is 10.2. The summed E-state index contributed by atoms with van der Waals surface area (Å²) in [6, 6.07) is 10.6. The van der Waals surface area contributed by atoms with Crippen molar-refractivity contribution in [3.63, 3.8) is 0 Å². The Bertz CT molecular complexity index is 621. The summed E-state index contributed by atoms with van der Waals surface area (Å²) in [6.45, 7) is 4.14. The smallest absolute Gasteiger partial charge is 0.338 e. The van der Waals surface area contributed by atoms with Crippen molar-refractivity contribution >= 4 is 29.0 Å². The van der Waals surface area contributed by atoms with Gasteiger partial charge in [-0.05, 0) is 62.5 Å². The fourth-order valence-electron chi connectivity index (χ4n) is 1.73. The van der Waals surface area contributed by atoms with Crippen molar-refractivity contribution in [1.82, 2.24) is 5.32 Å². The van der Waals surface area contributed by atoms with Crippen molar-refractivity contribution in [2.45, 2.75) is 26.5 Å². The molecule has 0 bridgehead atoms. The van der Waals surface area contributed by atoms with Crippen LogP contribution in [-0.4, -0.2) is 17.2 Å². The molecule has 0 aliphatic heterocycles. The van der Waals surface area contributed by atoms with Crippen LogP contribution in [0, 0.1) is 0 Å². The van der Waals surface area contributed by atoms with Gasteiger partial charge in [0.1, 0.15) is 5.76 Å². The molecule has 0 aliphatic rings. The second-order valence-electron chi connectivity index (χ2n) is 4.92. The Morgan fingerprint density at radius 2 is 2.00 bits per heavy atom. The second-order valence-corrected chi connectivity index (χ2v) is 5.33. The number of carbonyl (C=O) groups excluding carboxylic acids is 1. The molecule has 0 fully saturated rings. The molecule has 5 nitrogen and oxygen atoms in total. The summed E-state index contributed by atoms with van der Waals surface area (Å²) >= 11 is 5.20. The van der Waals surface area contributed by atoms with E-state index in [4.69, 9.17) is 21.4 Å². The predicted molar refractivity (Wildman–Crippen MR) is 88.8 cm³/mol. The molecule has 2 N–H and O–H groups in total. The van der Waals surface area contributed by atoms with Gasteiger partial charge >= 0.3 is 5.97 Å². The normalized spacial score (nSPS) is 10.3. The first-order chi connectivity index (χ1) is 10.5. The molecule has 0 amide bonds. The maximum Gasteiger partial charge on any atom is 0.338 e. The van der Waals surface area contributed by atoms with Gasteiger partial charge in [0.25, 0.3) is 0 Å². The predicted octanol–water partition coefficient (Wildman–Crippen LogP) is 3.33. The van der Waals surface area contributed by atoms with Crippen molar-refractivity contribution < 1.29 is 13.9 Å². The summed E-state index contributed by atoms with van der Waals surface area (Å²) in [7, 11) is 0. The van der Waals surface area contributed by atoms with Gasteiger partial charge in [0.2, 0.25) is 0 Å². The number of hydrogen-bond donors (Lipinski definition) is 2. The molecule has 0 spiro atoms. The molecule has 0 aliphatic carbocycles. The summed E-state index contributed by atoms with van der Waals surface area (Å²) < 4.78 is 10.3. The summed E-state index contributed by atoms with van der Waals surface area (Å²) in [4.78, 5) is 11.7. The fraction of sp³-hybridized carbons (Fsp3) is 0.250. The van der Waals surface area contributed by atoms with Crippen LogP contribution < -0.4 is 10.6 Å². The molecular weight excluding hydrogens is 300 g/mol. The number of hydrogen-bond acceptors (Lipinski definition) is 4. The Morgan fingerprint density at radius 1 is 1.27 bits per heavy atom. The van der Waals surface area contributed by atoms with E-state index in [-0.39, 0.29) is 12.1 Å². The van der Waals surface area contributed by atoms with Crippen LogP contribution in [0.25, 0.3) is 0 Å². The third kappa shape index (κ3) is 4.89. The number of benzene rings is 1. The molecule has 0 unspecified atom stereocenters. The summed E-state index contributed by atoms with van der Waals surface area (Å²) in [6.07, 6.45) is 1.48. The first kappa shape index (κ1) is 16.0. The Morgan fingerprint density at radius 3 is 2.59 bits per heavy atom. The standard InChI is InChI=1S/C16H18N2O3S/c1-11(2)21-15(19)12-5-7-13(8-6-12)18-16(22)17-10-14-4-3-9-20-14/h3-9,11H,10H2,1-2H3,(H2,17,18,22). The van der Waals surface area contributed by atoms with Crippen LogP contribution in [0.3, 0.4) is 0 Å². The van der Waals surface area contributed by atoms with E-state index in [9.17, 15) is 4.79 Å². The van der Waals surface area contributed by atoms with Crippen LogP contribution in [-0.2, 0) is 11.3 Å². The van der Waals surface area contributed by atoms with Crippen molar-refractivity contribution in [2.24, 2.45) is 0 Å². The van der Waals surface area contributed by atoms with Crippen LogP contribution in [0.2, 0.25) is 0 Å². The highest BCUT2D eigenvalue weighted by Crippen LogP contribution is 2.11. The SMILES string of the molecule is CC(C)OC(=O)c1ccc(NC(=S)NCc2ccco2)cc1. The second kappa shape index (κ2) is 7.61. The van der Waals surface area contributed by atoms with Crippen LogP contribution in [0.15, 0.2) is 47.1 Å². The molecule has 22 heavy (non-hydrogen) atoms. The highest BCUT2D eigenvalue weighted by molar-refractivity contribution is 7.80. The average molecular weight is 318 g/mol. The number of furan rings is 1. The van der Waals surface area contributed by atoms with Gasteiger partial charge in [0.15, 0.2) is 5.11 Å². The van der Waals surface area contributed by atoms with Gasteiger partial charge in [-0.3, -0.25) is 0 Å². The lowest BCUT2D eigenvalue weighted by molar-refractivity contribution is 0.0378. The molecule has 1 heterocycles. The topological polar surface area (TPSA) is 63.5 Å². The molecule has 2 rings (SSSR count). The Balaban J connectivity index is 1.85. The zero-order valence-corrected chi connectivity index (χ0v) is 13.3. The fourth-order valence-corrected chi connectivity index (χ4v) is 1.92. The number of thiocarbonyl (C=S) groups is 1. The molecule has 6 heteroatoms. The van der Waals surface area contributed by atoms with Crippen molar-refractivity contribution in [3.8, 4) is 0 Å². The van der Waals surface area contributed by atoms with Crippen LogP contribution in [0.4, 0.5) is 5.69 Å². The Kier molecular flexibility index (Phi) is 5.55. The van der Waals surface area contributed by atoms with E-state index in [0.29, 0.717) is 17.2 Å². The molecule has 116 valence electrons. The van der Waals surface area contributed by atoms with Gasteiger partial charge in [-0.25, -0.2) is 4.79 Å². The van der Waals surface area contributed by atoms with Gasteiger partial charge in [0, 0.05) is 5.69 Å². The van der Waals surface area contributed by atoms with E-state index >= 15 is 0 Å². The highest BCUT2D eigenvalue weighted by atomic mass is 32.1. The van der Waals surface area contributed by atoms with E-state index in [1.54, 1.807) is 30.5 Å². The molecule has 0 saturated heterocycles. The van der Waals surface area contributed by atoms with Gasteiger partial charge in [-0.15, -0.1) is 0 Å². The molecule has 0 radical (unpaired) electrons. The number of nitrogens with one attached hydrogen (secondary N) is 2. The van der Waals surface area contributed by atoms with Gasteiger partial charge in [-0.1, -0.05) is 0 Å². The van der Waals surface area contributed by atoms with Crippen molar-refractivity contribution in [3.05, 3.63) is 54.0 Å². The molecule has 0 atom stereocenters. The van der Waals surface area contributed by atoms with E-state index in [2.05, 4.69) is 10.6 Å². The Labute approximate surface area is 134 Å². The van der Waals surface area contributed by atoms with E-state index in [1.807, 2.05) is 26.0 Å². The molecule has 1 aromatic heterocycles. The zero-order chi connectivity index (χ0) is 15.9. The number of ether oxygens (including phenoxy) is 1. The van der Waals surface area contributed by atoms with Gasteiger partial charge in [-0.2, -0.15) is 0 Å². The minimum absolute atomic E-state index is 0.135. The molecular formula is C16H18N2O3S. The zero-order valence-electron chi connectivity index (χ0n) is 12.5. The summed E-state index contributed by atoms with van der Waals surface area (Å²) in [5.74, 6) is 0.469. The number of rotatable bonds is 5. The minimum atomic E-state index is -0.333. The van der Waals surface area contributed by atoms with E-state index in [1.165, 1.54) is 0 Å². The summed E-state index contributed by atoms with van der Waals surface area (Å²) in [5.41, 5.74) is 1.30. The van der Waals surface area contributed by atoms with Crippen molar-refractivity contribution in [1.29, 1.82) is 0 Å². The maximum atomic E-state index is 11.7. The third-order valence-electron chi connectivity index (χ3n) is 2.72. The maximum absolute atomic E-state index is 11.7. The quantitative estimate of drug-likeness (QED) is 0.651.